The van der Waals surface area contributed by atoms with E-state index in [0.29, 0.717) is 22.3 Å². The molecule has 1 aromatic rings. The van der Waals surface area contributed by atoms with Crippen LogP contribution < -0.4 is 10.1 Å². The van der Waals surface area contributed by atoms with Crippen LogP contribution in [0, 0.1) is 11.8 Å². The van der Waals surface area contributed by atoms with Crippen molar-refractivity contribution in [2.24, 2.45) is 0 Å². The van der Waals surface area contributed by atoms with Gasteiger partial charge in [0.15, 0.2) is 0 Å². The minimum atomic E-state index is -0.596. The lowest BCUT2D eigenvalue weighted by molar-refractivity contribution is 0.107. The Hall–Kier alpha value is -0.920. The number of aliphatic hydroxyl groups is 1. The topological polar surface area (TPSA) is 41.5 Å². The molecule has 0 saturated heterocycles. The van der Waals surface area contributed by atoms with E-state index in [0.717, 1.165) is 13.0 Å². The molecule has 5 heteroatoms. The second-order valence-corrected chi connectivity index (χ2v) is 4.76. The van der Waals surface area contributed by atoms with Crippen molar-refractivity contribution in [1.29, 1.82) is 0 Å². The van der Waals surface area contributed by atoms with Gasteiger partial charge in [0.25, 0.3) is 0 Å². The minimum Gasteiger partial charge on any atom is -0.489 e. The molecule has 0 bridgehead atoms. The van der Waals surface area contributed by atoms with Crippen LogP contribution in [0.25, 0.3) is 0 Å². The number of nitrogens with one attached hydrogen (secondary N) is 1. The summed E-state index contributed by atoms with van der Waals surface area (Å²) in [5, 5.41) is 13.8. The maximum Gasteiger partial charge on any atom is 0.138 e. The van der Waals surface area contributed by atoms with E-state index in [1.165, 1.54) is 0 Å². The molecule has 1 atom stereocenters. The molecule has 0 amide bonds. The summed E-state index contributed by atoms with van der Waals surface area (Å²) in [6.45, 7) is 3.18. The first-order chi connectivity index (χ1) is 9.13. The van der Waals surface area contributed by atoms with Gasteiger partial charge in [-0.25, -0.2) is 0 Å². The Morgan fingerprint density at radius 2 is 2.21 bits per heavy atom. The van der Waals surface area contributed by atoms with Gasteiger partial charge < -0.3 is 15.2 Å². The van der Waals surface area contributed by atoms with Gasteiger partial charge in [-0.1, -0.05) is 23.2 Å². The summed E-state index contributed by atoms with van der Waals surface area (Å²) in [5.41, 5.74) is 0. The fourth-order valence-corrected chi connectivity index (χ4v) is 1.84. The standard InChI is InChI=1S/C14H17Cl2NO2/c1-2-3-4-7-17-9-12(18)10-19-14-6-5-11(15)8-13(14)16/h5-6,8,12,17-18H,4,7,9-10H2,1H3. The second kappa shape index (κ2) is 9.06. The summed E-state index contributed by atoms with van der Waals surface area (Å²) < 4.78 is 5.42. The molecule has 0 radical (unpaired) electrons. The average molecular weight is 302 g/mol. The van der Waals surface area contributed by atoms with Crippen LogP contribution in [0.2, 0.25) is 10.0 Å². The molecule has 19 heavy (non-hydrogen) atoms. The Morgan fingerprint density at radius 1 is 1.42 bits per heavy atom. The number of ether oxygens (including phenoxy) is 1. The van der Waals surface area contributed by atoms with E-state index in [1.807, 2.05) is 0 Å². The van der Waals surface area contributed by atoms with Crippen LogP contribution >= 0.6 is 23.2 Å². The number of aliphatic hydroxyl groups excluding tert-OH is 1. The summed E-state index contributed by atoms with van der Waals surface area (Å²) in [6.07, 6.45) is 0.175. The lowest BCUT2D eigenvalue weighted by atomic mass is 10.3. The normalized spacial score (nSPS) is 11.6. The maximum atomic E-state index is 9.72. The zero-order valence-corrected chi connectivity index (χ0v) is 12.3. The fourth-order valence-electron chi connectivity index (χ4n) is 1.38. The second-order valence-electron chi connectivity index (χ2n) is 3.92. The molecule has 0 fully saturated rings. The average Bonchev–Trinajstić information content (AvgIpc) is 2.37. The molecular formula is C14H17Cl2NO2. The van der Waals surface area contributed by atoms with Crippen molar-refractivity contribution in [1.82, 2.24) is 5.32 Å². The number of rotatable bonds is 7. The van der Waals surface area contributed by atoms with Gasteiger partial charge in [0.05, 0.1) is 5.02 Å². The molecule has 1 rings (SSSR count). The molecule has 104 valence electrons. The molecule has 0 aliphatic rings. The molecular weight excluding hydrogens is 285 g/mol. The fraction of sp³-hybridized carbons (Fsp3) is 0.429. The Bertz CT molecular complexity index is 454. The van der Waals surface area contributed by atoms with E-state index in [-0.39, 0.29) is 6.61 Å². The van der Waals surface area contributed by atoms with Crippen LogP contribution in [0.3, 0.4) is 0 Å². The third kappa shape index (κ3) is 6.70. The van der Waals surface area contributed by atoms with Crippen molar-refractivity contribution in [3.8, 4) is 17.6 Å². The Balaban J connectivity index is 2.25. The molecule has 1 unspecified atom stereocenters. The third-order valence-electron chi connectivity index (χ3n) is 2.31. The van der Waals surface area contributed by atoms with Crippen LogP contribution in [0.1, 0.15) is 13.3 Å². The largest absolute Gasteiger partial charge is 0.489 e. The van der Waals surface area contributed by atoms with E-state index >= 15 is 0 Å². The molecule has 3 nitrogen and oxygen atoms in total. The number of hydrogen-bond acceptors (Lipinski definition) is 3. The van der Waals surface area contributed by atoms with E-state index in [9.17, 15) is 5.11 Å². The zero-order valence-electron chi connectivity index (χ0n) is 10.7. The highest BCUT2D eigenvalue weighted by Gasteiger charge is 2.07. The molecule has 0 aliphatic carbocycles. The summed E-state index contributed by atoms with van der Waals surface area (Å²) in [6, 6.07) is 4.98. The molecule has 0 aromatic heterocycles. The predicted octanol–water partition coefficient (Wildman–Crippen LogP) is 2.74. The Morgan fingerprint density at radius 3 is 2.89 bits per heavy atom. The Kier molecular flexibility index (Phi) is 7.69. The van der Waals surface area contributed by atoms with E-state index in [4.69, 9.17) is 27.9 Å². The summed E-state index contributed by atoms with van der Waals surface area (Å²) in [5.74, 6) is 6.26. The molecule has 0 saturated carbocycles. The van der Waals surface area contributed by atoms with Crippen molar-refractivity contribution in [2.75, 3.05) is 19.7 Å². The molecule has 0 spiro atoms. The van der Waals surface area contributed by atoms with Crippen molar-refractivity contribution >= 4 is 23.2 Å². The lowest BCUT2D eigenvalue weighted by Crippen LogP contribution is -2.31. The van der Waals surface area contributed by atoms with Crippen LogP contribution in [-0.2, 0) is 0 Å². The Labute approximate surface area is 123 Å². The summed E-state index contributed by atoms with van der Waals surface area (Å²) >= 11 is 11.7. The molecule has 2 N–H and O–H groups in total. The maximum absolute atomic E-state index is 9.72. The smallest absolute Gasteiger partial charge is 0.138 e. The highest BCUT2D eigenvalue weighted by atomic mass is 35.5. The third-order valence-corrected chi connectivity index (χ3v) is 2.84. The van der Waals surface area contributed by atoms with Crippen molar-refractivity contribution in [3.63, 3.8) is 0 Å². The van der Waals surface area contributed by atoms with E-state index in [2.05, 4.69) is 17.2 Å². The first-order valence-corrected chi connectivity index (χ1v) is 6.75. The van der Waals surface area contributed by atoms with Gasteiger partial charge in [-0.15, -0.1) is 11.8 Å². The van der Waals surface area contributed by atoms with E-state index in [1.54, 1.807) is 25.1 Å². The molecule has 0 aliphatic heterocycles. The van der Waals surface area contributed by atoms with Crippen LogP contribution in [0.4, 0.5) is 0 Å². The predicted molar refractivity (Wildman–Crippen MR) is 78.9 cm³/mol. The van der Waals surface area contributed by atoms with Crippen LogP contribution in [0.5, 0.6) is 5.75 Å². The summed E-state index contributed by atoms with van der Waals surface area (Å²) in [7, 11) is 0. The van der Waals surface area contributed by atoms with Crippen molar-refractivity contribution in [3.05, 3.63) is 28.2 Å². The van der Waals surface area contributed by atoms with Gasteiger partial charge in [0, 0.05) is 24.5 Å². The van der Waals surface area contributed by atoms with Gasteiger partial charge in [-0.05, 0) is 25.1 Å². The SMILES string of the molecule is CC#CCCNCC(O)COc1ccc(Cl)cc1Cl. The van der Waals surface area contributed by atoms with Crippen molar-refractivity contribution in [2.45, 2.75) is 19.4 Å². The summed E-state index contributed by atoms with van der Waals surface area (Å²) in [4.78, 5) is 0. The number of hydrogen-bond donors (Lipinski definition) is 2. The number of benzene rings is 1. The van der Waals surface area contributed by atoms with Gasteiger partial charge in [-0.3, -0.25) is 0 Å². The van der Waals surface area contributed by atoms with E-state index < -0.39 is 6.10 Å². The van der Waals surface area contributed by atoms with Crippen LogP contribution in [0.15, 0.2) is 18.2 Å². The quantitative estimate of drug-likeness (QED) is 0.601. The first kappa shape index (κ1) is 16.1. The first-order valence-electron chi connectivity index (χ1n) is 5.99. The van der Waals surface area contributed by atoms with Gasteiger partial charge in [-0.2, -0.15) is 0 Å². The lowest BCUT2D eigenvalue weighted by Gasteiger charge is -2.13. The zero-order chi connectivity index (χ0) is 14.1. The molecule has 1 aromatic carbocycles. The van der Waals surface area contributed by atoms with Gasteiger partial charge in [0.1, 0.15) is 18.5 Å². The van der Waals surface area contributed by atoms with Gasteiger partial charge >= 0.3 is 0 Å². The highest BCUT2D eigenvalue weighted by Crippen LogP contribution is 2.27. The number of halogens is 2. The van der Waals surface area contributed by atoms with Crippen LogP contribution in [-0.4, -0.2) is 30.9 Å². The molecule has 0 heterocycles. The van der Waals surface area contributed by atoms with Gasteiger partial charge in [0.2, 0.25) is 0 Å². The minimum absolute atomic E-state index is 0.174. The van der Waals surface area contributed by atoms with Crippen molar-refractivity contribution < 1.29 is 9.84 Å². The highest BCUT2D eigenvalue weighted by molar-refractivity contribution is 6.35. The monoisotopic (exact) mass is 301 g/mol.